The van der Waals surface area contributed by atoms with Crippen molar-refractivity contribution in [1.29, 1.82) is 15.8 Å². The molecule has 6 heteroatoms. The quantitative estimate of drug-likeness (QED) is 0.809. The van der Waals surface area contributed by atoms with Gasteiger partial charge in [-0.15, -0.1) is 0 Å². The van der Waals surface area contributed by atoms with Gasteiger partial charge in [0.15, 0.2) is 5.57 Å². The fourth-order valence-corrected chi connectivity index (χ4v) is 1.56. The first kappa shape index (κ1) is 16.8. The number of rotatable bonds is 5. The van der Waals surface area contributed by atoms with Gasteiger partial charge >= 0.3 is 0 Å². The largest absolute Gasteiger partial charge is 0.352 e. The van der Waals surface area contributed by atoms with Crippen LogP contribution in [0.2, 0.25) is 0 Å². The van der Waals surface area contributed by atoms with Crippen LogP contribution in [-0.2, 0) is 0 Å². The first-order valence-corrected chi connectivity index (χ1v) is 6.61. The summed E-state index contributed by atoms with van der Waals surface area (Å²) in [6, 6.07) is 11.6. The Balaban J connectivity index is 2.97. The molecule has 1 aromatic rings. The summed E-state index contributed by atoms with van der Waals surface area (Å²) in [5.74, 6) is 0.118. The van der Waals surface area contributed by atoms with E-state index in [9.17, 15) is 4.79 Å². The molecule has 0 aliphatic heterocycles. The number of nitrogens with one attached hydrogen (secondary N) is 2. The standard InChI is InChI=1S/C16H15N5O/c1-11(2)10-20-16(22)12-4-3-5-14(6-12)21-15(9-19)13(7-17)8-18/h3-6,11,21H,10H2,1-2H3,(H,20,22). The Morgan fingerprint density at radius 1 is 1.18 bits per heavy atom. The molecule has 1 rings (SSSR count). The van der Waals surface area contributed by atoms with Crippen molar-refractivity contribution >= 4 is 11.6 Å². The number of nitriles is 3. The fraction of sp³-hybridized carbons (Fsp3) is 0.250. The van der Waals surface area contributed by atoms with Gasteiger partial charge in [0.25, 0.3) is 5.91 Å². The molecule has 0 radical (unpaired) electrons. The fourth-order valence-electron chi connectivity index (χ4n) is 1.56. The van der Waals surface area contributed by atoms with Crippen LogP contribution in [0.15, 0.2) is 35.5 Å². The second-order valence-electron chi connectivity index (χ2n) is 4.90. The number of carbonyl (C=O) groups is 1. The number of amides is 1. The van der Waals surface area contributed by atoms with E-state index < -0.39 is 0 Å². The Labute approximate surface area is 129 Å². The number of benzene rings is 1. The number of nitrogens with zero attached hydrogens (tertiary/aromatic N) is 3. The van der Waals surface area contributed by atoms with Crippen molar-refractivity contribution in [3.8, 4) is 18.2 Å². The zero-order valence-electron chi connectivity index (χ0n) is 12.3. The van der Waals surface area contributed by atoms with E-state index in [0.717, 1.165) is 0 Å². The average Bonchev–Trinajstić information content (AvgIpc) is 2.52. The molecule has 110 valence electrons. The summed E-state index contributed by atoms with van der Waals surface area (Å²) in [6.45, 7) is 4.55. The second kappa shape index (κ2) is 8.09. The van der Waals surface area contributed by atoms with E-state index in [2.05, 4.69) is 10.6 Å². The van der Waals surface area contributed by atoms with E-state index in [1.54, 1.807) is 42.5 Å². The highest BCUT2D eigenvalue weighted by Gasteiger charge is 2.09. The number of hydrogen-bond acceptors (Lipinski definition) is 5. The Bertz CT molecular complexity index is 697. The Hall–Kier alpha value is -3.30. The predicted octanol–water partition coefficient (Wildman–Crippen LogP) is 2.31. The zero-order chi connectivity index (χ0) is 16.5. The van der Waals surface area contributed by atoms with Crippen LogP contribution in [0, 0.1) is 39.9 Å². The molecule has 0 unspecified atom stereocenters. The molecule has 6 nitrogen and oxygen atoms in total. The third-order valence-corrected chi connectivity index (χ3v) is 2.65. The number of hydrogen-bond donors (Lipinski definition) is 2. The topological polar surface area (TPSA) is 112 Å². The smallest absolute Gasteiger partial charge is 0.251 e. The van der Waals surface area contributed by atoms with Crippen molar-refractivity contribution in [2.24, 2.45) is 5.92 Å². The number of allylic oxidation sites excluding steroid dienone is 2. The van der Waals surface area contributed by atoms with Crippen molar-refractivity contribution in [2.75, 3.05) is 11.9 Å². The number of anilines is 1. The molecule has 22 heavy (non-hydrogen) atoms. The van der Waals surface area contributed by atoms with Gasteiger partial charge in [-0.25, -0.2) is 0 Å². The molecule has 0 atom stereocenters. The summed E-state index contributed by atoms with van der Waals surface area (Å²) < 4.78 is 0. The summed E-state index contributed by atoms with van der Waals surface area (Å²) in [5.41, 5.74) is 0.428. The van der Waals surface area contributed by atoms with Crippen molar-refractivity contribution < 1.29 is 4.79 Å². The Morgan fingerprint density at radius 2 is 1.86 bits per heavy atom. The molecule has 0 bridgehead atoms. The summed E-state index contributed by atoms with van der Waals surface area (Å²) in [5, 5.41) is 32.0. The van der Waals surface area contributed by atoms with Gasteiger partial charge in [-0.1, -0.05) is 19.9 Å². The van der Waals surface area contributed by atoms with Crippen LogP contribution < -0.4 is 10.6 Å². The lowest BCUT2D eigenvalue weighted by Crippen LogP contribution is -2.27. The van der Waals surface area contributed by atoms with Crippen LogP contribution in [0.1, 0.15) is 24.2 Å². The third kappa shape index (κ3) is 4.67. The van der Waals surface area contributed by atoms with Gasteiger partial charge in [0.1, 0.15) is 23.9 Å². The van der Waals surface area contributed by atoms with Gasteiger partial charge < -0.3 is 10.6 Å². The summed E-state index contributed by atoms with van der Waals surface area (Å²) in [7, 11) is 0. The van der Waals surface area contributed by atoms with Gasteiger partial charge in [-0.2, -0.15) is 15.8 Å². The maximum absolute atomic E-state index is 12.0. The summed E-state index contributed by atoms with van der Waals surface area (Å²) in [6.07, 6.45) is 0. The van der Waals surface area contributed by atoms with E-state index >= 15 is 0 Å². The Kier molecular flexibility index (Phi) is 6.16. The maximum atomic E-state index is 12.0. The Morgan fingerprint density at radius 3 is 2.41 bits per heavy atom. The molecule has 0 heterocycles. The van der Waals surface area contributed by atoms with Crippen LogP contribution in [0.4, 0.5) is 5.69 Å². The zero-order valence-corrected chi connectivity index (χ0v) is 12.3. The lowest BCUT2D eigenvalue weighted by Gasteiger charge is -2.09. The minimum absolute atomic E-state index is 0.148. The van der Waals surface area contributed by atoms with Gasteiger partial charge in [0, 0.05) is 17.8 Å². The molecular formula is C16H15N5O. The first-order valence-electron chi connectivity index (χ1n) is 6.61. The first-order chi connectivity index (χ1) is 10.5. The van der Waals surface area contributed by atoms with E-state index in [-0.39, 0.29) is 17.2 Å². The third-order valence-electron chi connectivity index (χ3n) is 2.65. The highest BCUT2D eigenvalue weighted by Crippen LogP contribution is 2.14. The van der Waals surface area contributed by atoms with Crippen molar-refractivity contribution in [3.63, 3.8) is 0 Å². The van der Waals surface area contributed by atoms with E-state index in [4.69, 9.17) is 15.8 Å². The molecule has 0 saturated carbocycles. The van der Waals surface area contributed by atoms with Gasteiger partial charge in [0.2, 0.25) is 0 Å². The highest BCUT2D eigenvalue weighted by molar-refractivity contribution is 5.95. The molecule has 0 aliphatic rings. The monoisotopic (exact) mass is 293 g/mol. The van der Waals surface area contributed by atoms with Gasteiger partial charge in [0.05, 0.1) is 0 Å². The summed E-state index contributed by atoms with van der Waals surface area (Å²) in [4.78, 5) is 12.0. The van der Waals surface area contributed by atoms with Crippen LogP contribution in [0.5, 0.6) is 0 Å². The molecular weight excluding hydrogens is 278 g/mol. The molecule has 0 aromatic heterocycles. The predicted molar refractivity (Wildman–Crippen MR) is 81.1 cm³/mol. The van der Waals surface area contributed by atoms with Gasteiger partial charge in [-0.05, 0) is 24.1 Å². The second-order valence-corrected chi connectivity index (χ2v) is 4.90. The van der Waals surface area contributed by atoms with Crippen molar-refractivity contribution in [1.82, 2.24) is 5.32 Å². The van der Waals surface area contributed by atoms with Crippen LogP contribution in [0.3, 0.4) is 0 Å². The lowest BCUT2D eigenvalue weighted by atomic mass is 10.1. The molecule has 2 N–H and O–H groups in total. The minimum atomic E-state index is -0.308. The maximum Gasteiger partial charge on any atom is 0.251 e. The van der Waals surface area contributed by atoms with E-state index in [0.29, 0.717) is 23.7 Å². The SMILES string of the molecule is CC(C)CNC(=O)c1cccc(NC(C#N)=C(C#N)C#N)c1. The molecule has 0 spiro atoms. The van der Waals surface area contributed by atoms with E-state index in [1.165, 1.54) is 0 Å². The molecule has 1 aromatic carbocycles. The summed E-state index contributed by atoms with van der Waals surface area (Å²) >= 11 is 0. The average molecular weight is 293 g/mol. The van der Waals surface area contributed by atoms with E-state index in [1.807, 2.05) is 13.8 Å². The van der Waals surface area contributed by atoms with Crippen molar-refractivity contribution in [3.05, 3.63) is 41.1 Å². The molecule has 0 saturated heterocycles. The van der Waals surface area contributed by atoms with Crippen LogP contribution in [0.25, 0.3) is 0 Å². The minimum Gasteiger partial charge on any atom is -0.352 e. The normalized spacial score (nSPS) is 9.09. The van der Waals surface area contributed by atoms with Gasteiger partial charge in [-0.3, -0.25) is 4.79 Å². The van der Waals surface area contributed by atoms with Crippen molar-refractivity contribution in [2.45, 2.75) is 13.8 Å². The van der Waals surface area contributed by atoms with Crippen LogP contribution >= 0.6 is 0 Å². The molecule has 0 aliphatic carbocycles. The van der Waals surface area contributed by atoms with Crippen LogP contribution in [-0.4, -0.2) is 12.5 Å². The highest BCUT2D eigenvalue weighted by atomic mass is 16.1. The number of carbonyl (C=O) groups excluding carboxylic acids is 1. The molecule has 1 amide bonds. The molecule has 0 fully saturated rings. The lowest BCUT2D eigenvalue weighted by molar-refractivity contribution is 0.0949.